The van der Waals surface area contributed by atoms with Crippen molar-refractivity contribution in [2.75, 3.05) is 0 Å². The minimum atomic E-state index is -0.689. The number of rotatable bonds is 5. The van der Waals surface area contributed by atoms with Gasteiger partial charge in [0.05, 0.1) is 0 Å². The first kappa shape index (κ1) is 10.8. The van der Waals surface area contributed by atoms with Gasteiger partial charge in [0.15, 0.2) is 0 Å². The molecule has 2 aliphatic rings. The van der Waals surface area contributed by atoms with Gasteiger partial charge in [-0.2, -0.15) is 0 Å². The molecule has 3 nitrogen and oxygen atoms in total. The van der Waals surface area contributed by atoms with Gasteiger partial charge < -0.3 is 10.4 Å². The second-order valence-corrected chi connectivity index (χ2v) is 5.18. The molecule has 3 unspecified atom stereocenters. The molecule has 17 heavy (non-hydrogen) atoms. The molecule has 1 aromatic carbocycles. The summed E-state index contributed by atoms with van der Waals surface area (Å²) < 4.78 is 0. The molecule has 1 aromatic rings. The largest absolute Gasteiger partial charge is 0.480 e. The monoisotopic (exact) mass is 231 g/mol. The van der Waals surface area contributed by atoms with Crippen molar-refractivity contribution < 1.29 is 9.90 Å². The molecule has 0 heterocycles. The molecule has 2 N–H and O–H groups in total. The van der Waals surface area contributed by atoms with Gasteiger partial charge in [-0.25, -0.2) is 0 Å². The third kappa shape index (κ3) is 2.34. The van der Waals surface area contributed by atoms with Crippen molar-refractivity contribution >= 4 is 5.97 Å². The number of benzene rings is 1. The summed E-state index contributed by atoms with van der Waals surface area (Å²) in [6.07, 6.45) is 3.19. The van der Waals surface area contributed by atoms with E-state index in [2.05, 4.69) is 17.4 Å². The van der Waals surface area contributed by atoms with Crippen molar-refractivity contribution in [3.05, 3.63) is 35.9 Å². The molecular weight excluding hydrogens is 214 g/mol. The van der Waals surface area contributed by atoms with Gasteiger partial charge >= 0.3 is 5.97 Å². The Labute approximate surface area is 101 Å². The van der Waals surface area contributed by atoms with E-state index in [1.165, 1.54) is 5.56 Å². The summed E-state index contributed by atoms with van der Waals surface area (Å²) in [5, 5.41) is 12.5. The Morgan fingerprint density at radius 1 is 1.29 bits per heavy atom. The van der Waals surface area contributed by atoms with E-state index in [-0.39, 0.29) is 6.04 Å². The van der Waals surface area contributed by atoms with Crippen molar-refractivity contribution in [3.8, 4) is 0 Å². The Balaban J connectivity index is 1.60. The molecular formula is C14H17NO2. The molecule has 0 spiro atoms. The Morgan fingerprint density at radius 2 is 2.00 bits per heavy atom. The van der Waals surface area contributed by atoms with Crippen LogP contribution < -0.4 is 5.32 Å². The van der Waals surface area contributed by atoms with Crippen LogP contribution in [-0.4, -0.2) is 23.2 Å². The summed E-state index contributed by atoms with van der Waals surface area (Å²) in [5.74, 6) is 0.188. The van der Waals surface area contributed by atoms with E-state index >= 15 is 0 Å². The van der Waals surface area contributed by atoms with Crippen LogP contribution in [0.1, 0.15) is 30.7 Å². The van der Waals surface area contributed by atoms with Crippen LogP contribution in [0.5, 0.6) is 0 Å². The maximum absolute atomic E-state index is 11.1. The van der Waals surface area contributed by atoms with E-state index in [1.54, 1.807) is 0 Å². The molecule has 2 saturated carbocycles. The van der Waals surface area contributed by atoms with Gasteiger partial charge in [-0.05, 0) is 30.7 Å². The Hall–Kier alpha value is -1.35. The zero-order valence-electron chi connectivity index (χ0n) is 9.67. The van der Waals surface area contributed by atoms with Crippen LogP contribution in [-0.2, 0) is 4.79 Å². The molecule has 0 aliphatic heterocycles. The molecule has 0 amide bonds. The van der Waals surface area contributed by atoms with Crippen LogP contribution in [0.2, 0.25) is 0 Å². The van der Waals surface area contributed by atoms with Crippen molar-refractivity contribution in [1.29, 1.82) is 0 Å². The third-order valence-electron chi connectivity index (χ3n) is 3.77. The second-order valence-electron chi connectivity index (χ2n) is 5.18. The molecule has 0 bridgehead atoms. The standard InChI is InChI=1S/C14H17NO2/c16-14(17)13(10-6-7-10)15-12-8-11(12)9-4-2-1-3-5-9/h1-5,10-13,15H,6-8H2,(H,16,17). The summed E-state index contributed by atoms with van der Waals surface area (Å²) in [6.45, 7) is 0. The van der Waals surface area contributed by atoms with E-state index in [9.17, 15) is 4.79 Å². The Morgan fingerprint density at radius 3 is 2.59 bits per heavy atom. The fourth-order valence-corrected chi connectivity index (χ4v) is 2.52. The van der Waals surface area contributed by atoms with Gasteiger partial charge in [0.2, 0.25) is 0 Å². The number of carbonyl (C=O) groups is 1. The summed E-state index contributed by atoms with van der Waals surface area (Å²) in [6, 6.07) is 10.4. The molecule has 2 fully saturated rings. The number of hydrogen-bond acceptors (Lipinski definition) is 2. The van der Waals surface area contributed by atoms with Crippen LogP contribution in [0, 0.1) is 5.92 Å². The van der Waals surface area contributed by atoms with Crippen molar-refractivity contribution in [3.63, 3.8) is 0 Å². The highest BCUT2D eigenvalue weighted by molar-refractivity contribution is 5.74. The maximum Gasteiger partial charge on any atom is 0.320 e. The predicted octanol–water partition coefficient (Wildman–Crippen LogP) is 2.00. The lowest BCUT2D eigenvalue weighted by molar-refractivity contribution is -0.140. The SMILES string of the molecule is O=C(O)C(NC1CC1c1ccccc1)C1CC1. The summed E-state index contributed by atoms with van der Waals surface area (Å²) >= 11 is 0. The average Bonchev–Trinajstić information content (AvgIpc) is 3.21. The van der Waals surface area contributed by atoms with Crippen LogP contribution in [0.4, 0.5) is 0 Å². The molecule has 3 heteroatoms. The quantitative estimate of drug-likeness (QED) is 0.814. The molecule has 90 valence electrons. The highest BCUT2D eigenvalue weighted by Gasteiger charge is 2.44. The molecule has 0 saturated heterocycles. The fraction of sp³-hybridized carbons (Fsp3) is 0.500. The number of carboxylic acid groups (broad SMARTS) is 1. The minimum absolute atomic E-state index is 0.325. The highest BCUT2D eigenvalue weighted by atomic mass is 16.4. The molecule has 3 atom stereocenters. The second kappa shape index (κ2) is 4.15. The highest BCUT2D eigenvalue weighted by Crippen LogP contribution is 2.42. The van der Waals surface area contributed by atoms with E-state index < -0.39 is 5.97 Å². The number of aliphatic carboxylic acids is 1. The molecule has 0 aromatic heterocycles. The topological polar surface area (TPSA) is 49.3 Å². The zero-order valence-corrected chi connectivity index (χ0v) is 9.67. The van der Waals surface area contributed by atoms with Crippen LogP contribution in [0.15, 0.2) is 30.3 Å². The number of carboxylic acids is 1. The van der Waals surface area contributed by atoms with Gasteiger partial charge in [0, 0.05) is 12.0 Å². The smallest absolute Gasteiger partial charge is 0.320 e. The molecule has 3 rings (SSSR count). The van der Waals surface area contributed by atoms with E-state index in [0.717, 1.165) is 19.3 Å². The van der Waals surface area contributed by atoms with Gasteiger partial charge in [-0.3, -0.25) is 4.79 Å². The fourth-order valence-electron chi connectivity index (χ4n) is 2.52. The number of nitrogens with one attached hydrogen (secondary N) is 1. The lowest BCUT2D eigenvalue weighted by atomic mass is 10.1. The normalized spacial score (nSPS) is 28.7. The van der Waals surface area contributed by atoms with Crippen molar-refractivity contribution in [2.24, 2.45) is 5.92 Å². The Bertz CT molecular complexity index is 413. The summed E-state index contributed by atoms with van der Waals surface area (Å²) in [4.78, 5) is 11.1. The van der Waals surface area contributed by atoms with Crippen LogP contribution >= 0.6 is 0 Å². The summed E-state index contributed by atoms with van der Waals surface area (Å²) in [7, 11) is 0. The first-order valence-corrected chi connectivity index (χ1v) is 6.29. The predicted molar refractivity (Wildman–Crippen MR) is 64.9 cm³/mol. The third-order valence-corrected chi connectivity index (χ3v) is 3.77. The molecule has 2 aliphatic carbocycles. The maximum atomic E-state index is 11.1. The van der Waals surface area contributed by atoms with Crippen LogP contribution in [0.25, 0.3) is 0 Å². The van der Waals surface area contributed by atoms with E-state index in [1.807, 2.05) is 18.2 Å². The minimum Gasteiger partial charge on any atom is -0.480 e. The average molecular weight is 231 g/mol. The Kier molecular flexibility index (Phi) is 2.63. The van der Waals surface area contributed by atoms with Gasteiger partial charge in [-0.15, -0.1) is 0 Å². The van der Waals surface area contributed by atoms with Gasteiger partial charge in [0.1, 0.15) is 6.04 Å². The van der Waals surface area contributed by atoms with Gasteiger partial charge in [0.25, 0.3) is 0 Å². The van der Waals surface area contributed by atoms with Crippen LogP contribution in [0.3, 0.4) is 0 Å². The first-order chi connectivity index (χ1) is 8.25. The lowest BCUT2D eigenvalue weighted by Gasteiger charge is -2.13. The first-order valence-electron chi connectivity index (χ1n) is 6.29. The lowest BCUT2D eigenvalue weighted by Crippen LogP contribution is -2.40. The zero-order chi connectivity index (χ0) is 11.8. The van der Waals surface area contributed by atoms with Gasteiger partial charge in [-0.1, -0.05) is 30.3 Å². The van der Waals surface area contributed by atoms with Crippen molar-refractivity contribution in [1.82, 2.24) is 5.32 Å². The van der Waals surface area contributed by atoms with E-state index in [4.69, 9.17) is 5.11 Å². The summed E-state index contributed by atoms with van der Waals surface area (Å²) in [5.41, 5.74) is 1.32. The van der Waals surface area contributed by atoms with E-state index in [0.29, 0.717) is 17.9 Å². The molecule has 0 radical (unpaired) electrons. The van der Waals surface area contributed by atoms with Crippen molar-refractivity contribution in [2.45, 2.75) is 37.3 Å². The number of hydrogen-bond donors (Lipinski definition) is 2.